The minimum absolute atomic E-state index is 0.0481. The number of morpholine rings is 1. The molecule has 0 bridgehead atoms. The lowest BCUT2D eigenvalue weighted by Crippen LogP contribution is -2.47. The lowest BCUT2D eigenvalue weighted by Gasteiger charge is -2.36. The van der Waals surface area contributed by atoms with Gasteiger partial charge in [0.1, 0.15) is 12.4 Å². The summed E-state index contributed by atoms with van der Waals surface area (Å²) in [5, 5.41) is 20.8. The number of anilines is 1. The van der Waals surface area contributed by atoms with Gasteiger partial charge >= 0.3 is 0 Å². The van der Waals surface area contributed by atoms with Gasteiger partial charge in [0, 0.05) is 25.7 Å². The minimum atomic E-state index is -0.674. The molecule has 9 heteroatoms. The number of nitrogens with zero attached hydrogens (tertiary/aromatic N) is 2. The van der Waals surface area contributed by atoms with E-state index in [1.165, 1.54) is 0 Å². The van der Waals surface area contributed by atoms with Crippen molar-refractivity contribution in [3.63, 3.8) is 0 Å². The maximum atomic E-state index is 12.7. The summed E-state index contributed by atoms with van der Waals surface area (Å²) in [4.78, 5) is 28.6. The fourth-order valence-electron chi connectivity index (χ4n) is 3.34. The smallest absolute Gasteiger partial charge is 0.254 e. The summed E-state index contributed by atoms with van der Waals surface area (Å²) in [6, 6.07) is 4.43. The molecule has 0 aliphatic carbocycles. The van der Waals surface area contributed by atoms with Crippen LogP contribution in [0.2, 0.25) is 0 Å². The molecule has 2 aliphatic heterocycles. The van der Waals surface area contributed by atoms with E-state index in [-0.39, 0.29) is 37.5 Å². The van der Waals surface area contributed by atoms with Crippen molar-refractivity contribution in [2.45, 2.75) is 18.5 Å². The zero-order valence-electron chi connectivity index (χ0n) is 16.0. The maximum Gasteiger partial charge on any atom is 0.254 e. The number of amides is 2. The Morgan fingerprint density at radius 1 is 1.25 bits per heavy atom. The molecule has 3 N–H and O–H groups in total. The van der Waals surface area contributed by atoms with Crippen LogP contribution in [0.15, 0.2) is 18.2 Å². The molecule has 1 aromatic rings. The Morgan fingerprint density at radius 2 is 1.96 bits per heavy atom. The number of likely N-dealkylation sites (N-methyl/N-ethyl adjacent to an activating group) is 1. The first-order valence-electron chi connectivity index (χ1n) is 9.41. The zero-order valence-corrected chi connectivity index (χ0v) is 16.0. The van der Waals surface area contributed by atoms with Gasteiger partial charge in [0.25, 0.3) is 5.91 Å². The molecule has 0 radical (unpaired) electrons. The van der Waals surface area contributed by atoms with E-state index < -0.39 is 6.04 Å². The second-order valence-electron chi connectivity index (χ2n) is 7.00. The lowest BCUT2D eigenvalue weighted by molar-refractivity contribution is -0.123. The lowest BCUT2D eigenvalue weighted by atomic mass is 10.1. The highest BCUT2D eigenvalue weighted by molar-refractivity contribution is 5.96. The summed E-state index contributed by atoms with van der Waals surface area (Å²) in [6.45, 7) is 1.91. The zero-order chi connectivity index (χ0) is 20.1. The molecule has 2 aliphatic rings. The van der Waals surface area contributed by atoms with Crippen LogP contribution in [-0.4, -0.2) is 92.2 Å². The molecule has 1 saturated heterocycles. The summed E-state index contributed by atoms with van der Waals surface area (Å²) in [6.07, 6.45) is 0.147. The van der Waals surface area contributed by atoms with Crippen LogP contribution in [0.25, 0.3) is 0 Å². The first kappa shape index (κ1) is 20.4. The normalized spacial score (nSPS) is 19.2. The summed E-state index contributed by atoms with van der Waals surface area (Å²) >= 11 is 0. The Labute approximate surface area is 163 Å². The van der Waals surface area contributed by atoms with Crippen molar-refractivity contribution in [3.8, 4) is 5.75 Å². The third kappa shape index (κ3) is 4.54. The molecule has 0 spiro atoms. The van der Waals surface area contributed by atoms with E-state index in [1.807, 2.05) is 11.9 Å². The molecule has 9 nitrogen and oxygen atoms in total. The van der Waals surface area contributed by atoms with Crippen LogP contribution in [0, 0.1) is 0 Å². The number of nitrogens with one attached hydrogen (secondary N) is 1. The van der Waals surface area contributed by atoms with Crippen LogP contribution in [0.4, 0.5) is 5.69 Å². The van der Waals surface area contributed by atoms with Crippen molar-refractivity contribution >= 4 is 17.5 Å². The quantitative estimate of drug-likeness (QED) is 0.581. The highest BCUT2D eigenvalue weighted by Crippen LogP contribution is 2.34. The van der Waals surface area contributed by atoms with Crippen molar-refractivity contribution in [2.75, 3.05) is 58.1 Å². The molecule has 1 aromatic carbocycles. The number of hydrogen-bond acceptors (Lipinski definition) is 7. The van der Waals surface area contributed by atoms with Crippen LogP contribution in [-0.2, 0) is 9.53 Å². The van der Waals surface area contributed by atoms with Crippen LogP contribution in [0.5, 0.6) is 5.75 Å². The molecule has 0 unspecified atom stereocenters. The highest BCUT2D eigenvalue weighted by Gasteiger charge is 2.29. The number of benzene rings is 1. The number of rotatable bonds is 6. The van der Waals surface area contributed by atoms with Gasteiger partial charge in [0.15, 0.2) is 0 Å². The molecular formula is C19H27N3O6. The Hall–Kier alpha value is -2.36. The Bertz CT molecular complexity index is 703. The number of aliphatic hydroxyl groups is 2. The predicted molar refractivity (Wildman–Crippen MR) is 102 cm³/mol. The number of carbonyl (C=O) groups is 2. The molecule has 2 amide bonds. The van der Waals surface area contributed by atoms with Gasteiger partial charge in [-0.1, -0.05) is 0 Å². The molecular weight excluding hydrogens is 366 g/mol. The monoisotopic (exact) mass is 393 g/mol. The van der Waals surface area contributed by atoms with Crippen LogP contribution in [0.3, 0.4) is 0 Å². The maximum absolute atomic E-state index is 12.7. The van der Waals surface area contributed by atoms with E-state index in [9.17, 15) is 9.59 Å². The Balaban J connectivity index is 1.69. The molecule has 2 heterocycles. The molecule has 28 heavy (non-hydrogen) atoms. The van der Waals surface area contributed by atoms with Crippen molar-refractivity contribution < 1.29 is 29.3 Å². The van der Waals surface area contributed by atoms with Gasteiger partial charge in [-0.3, -0.25) is 9.59 Å². The standard InChI is InChI=1S/C19H27N3O6/c1-21-15(9-18(25)20-14(10-23)11-24)12-28-17-3-2-13(8-16(17)21)19(26)22-4-6-27-7-5-22/h2-3,8,14-15,23-24H,4-7,9-12H2,1H3,(H,20,25)/t15-/m0/s1. The number of ether oxygens (including phenoxy) is 2. The van der Waals surface area contributed by atoms with E-state index in [1.54, 1.807) is 23.1 Å². The fourth-order valence-corrected chi connectivity index (χ4v) is 3.34. The molecule has 0 aromatic heterocycles. The number of hydrogen-bond donors (Lipinski definition) is 3. The van der Waals surface area contributed by atoms with E-state index in [2.05, 4.69) is 5.32 Å². The van der Waals surface area contributed by atoms with Gasteiger partial charge in [-0.15, -0.1) is 0 Å². The van der Waals surface area contributed by atoms with Gasteiger partial charge in [-0.2, -0.15) is 0 Å². The van der Waals surface area contributed by atoms with Crippen LogP contribution >= 0.6 is 0 Å². The largest absolute Gasteiger partial charge is 0.489 e. The van der Waals surface area contributed by atoms with Crippen molar-refractivity contribution in [3.05, 3.63) is 23.8 Å². The van der Waals surface area contributed by atoms with Gasteiger partial charge < -0.3 is 34.8 Å². The fraction of sp³-hybridized carbons (Fsp3) is 0.579. The van der Waals surface area contributed by atoms with Crippen LogP contribution < -0.4 is 15.0 Å². The summed E-state index contributed by atoms with van der Waals surface area (Å²) in [5.74, 6) is 0.340. The highest BCUT2D eigenvalue weighted by atomic mass is 16.5. The third-order valence-corrected chi connectivity index (χ3v) is 5.09. The third-order valence-electron chi connectivity index (χ3n) is 5.09. The van der Waals surface area contributed by atoms with Gasteiger partial charge in [0.2, 0.25) is 5.91 Å². The minimum Gasteiger partial charge on any atom is -0.489 e. The number of fused-ring (bicyclic) bond motifs is 1. The molecule has 154 valence electrons. The van der Waals surface area contributed by atoms with Crippen molar-refractivity contribution in [1.29, 1.82) is 0 Å². The molecule has 0 saturated carbocycles. The van der Waals surface area contributed by atoms with E-state index >= 15 is 0 Å². The average Bonchev–Trinajstić information content (AvgIpc) is 2.74. The Morgan fingerprint density at radius 3 is 2.64 bits per heavy atom. The van der Waals surface area contributed by atoms with Crippen molar-refractivity contribution in [2.24, 2.45) is 0 Å². The summed E-state index contributed by atoms with van der Waals surface area (Å²) in [5.41, 5.74) is 1.32. The van der Waals surface area contributed by atoms with Gasteiger partial charge in [-0.05, 0) is 18.2 Å². The number of aliphatic hydroxyl groups excluding tert-OH is 2. The van der Waals surface area contributed by atoms with E-state index in [4.69, 9.17) is 19.7 Å². The first-order valence-corrected chi connectivity index (χ1v) is 9.41. The number of carbonyl (C=O) groups excluding carboxylic acids is 2. The van der Waals surface area contributed by atoms with Gasteiger partial charge in [0.05, 0.1) is 50.6 Å². The Kier molecular flexibility index (Phi) is 6.71. The van der Waals surface area contributed by atoms with E-state index in [0.29, 0.717) is 44.2 Å². The summed E-state index contributed by atoms with van der Waals surface area (Å²) in [7, 11) is 1.86. The molecule has 3 rings (SSSR count). The molecule has 1 fully saturated rings. The predicted octanol–water partition coefficient (Wildman–Crippen LogP) is -0.784. The van der Waals surface area contributed by atoms with Gasteiger partial charge in [-0.25, -0.2) is 0 Å². The molecule has 1 atom stereocenters. The average molecular weight is 393 g/mol. The second kappa shape index (κ2) is 9.22. The second-order valence-corrected chi connectivity index (χ2v) is 7.00. The SMILES string of the molecule is CN1c2cc(C(=O)N3CCOCC3)ccc2OC[C@@H]1CC(=O)NC(CO)CO. The van der Waals surface area contributed by atoms with E-state index in [0.717, 1.165) is 5.69 Å². The van der Waals surface area contributed by atoms with Crippen molar-refractivity contribution in [1.82, 2.24) is 10.2 Å². The topological polar surface area (TPSA) is 112 Å². The van der Waals surface area contributed by atoms with Crippen LogP contribution in [0.1, 0.15) is 16.8 Å². The first-order chi connectivity index (χ1) is 13.5. The summed E-state index contributed by atoms with van der Waals surface area (Å²) < 4.78 is 11.1.